The highest BCUT2D eigenvalue weighted by Crippen LogP contribution is 2.29. The lowest BCUT2D eigenvalue weighted by molar-refractivity contribution is -0.141. The highest BCUT2D eigenvalue weighted by atomic mass is 19.4. The van der Waals surface area contributed by atoms with E-state index >= 15 is 0 Å². The number of benzene rings is 1. The summed E-state index contributed by atoms with van der Waals surface area (Å²) in [5.74, 6) is -0.589. The van der Waals surface area contributed by atoms with Gasteiger partial charge in [-0.1, -0.05) is 0 Å². The van der Waals surface area contributed by atoms with Gasteiger partial charge in [-0.15, -0.1) is 0 Å². The van der Waals surface area contributed by atoms with E-state index in [9.17, 15) is 17.6 Å². The standard InChI is InChI=1S/C12H10F4N2O/c1-7-8(3-4-9(19-2)11(7)13)18-6-5-10(17-18)12(14,15)16/h3-6H,1-2H3. The Bertz CT molecular complexity index is 604. The maximum absolute atomic E-state index is 13.8. The molecular weight excluding hydrogens is 264 g/mol. The molecular formula is C12H10F4N2O. The van der Waals surface area contributed by atoms with E-state index in [4.69, 9.17) is 4.74 Å². The fourth-order valence-electron chi connectivity index (χ4n) is 1.67. The zero-order valence-electron chi connectivity index (χ0n) is 10.1. The first kappa shape index (κ1) is 13.4. The van der Waals surface area contributed by atoms with Crippen LogP contribution in [0, 0.1) is 12.7 Å². The molecule has 1 heterocycles. The van der Waals surface area contributed by atoms with Crippen molar-refractivity contribution < 1.29 is 22.3 Å². The van der Waals surface area contributed by atoms with Gasteiger partial charge in [0.05, 0.1) is 12.8 Å². The Labute approximate surface area is 106 Å². The molecule has 0 fully saturated rings. The molecule has 3 nitrogen and oxygen atoms in total. The maximum Gasteiger partial charge on any atom is 0.435 e. The van der Waals surface area contributed by atoms with Crippen LogP contribution in [0.3, 0.4) is 0 Å². The Kier molecular flexibility index (Phi) is 3.21. The molecule has 19 heavy (non-hydrogen) atoms. The average molecular weight is 274 g/mol. The van der Waals surface area contributed by atoms with Crippen LogP contribution in [0.25, 0.3) is 5.69 Å². The van der Waals surface area contributed by atoms with Gasteiger partial charge in [0.25, 0.3) is 0 Å². The second kappa shape index (κ2) is 4.56. The normalized spacial score (nSPS) is 11.7. The molecule has 0 saturated carbocycles. The molecule has 0 saturated heterocycles. The Morgan fingerprint density at radius 3 is 2.42 bits per heavy atom. The summed E-state index contributed by atoms with van der Waals surface area (Å²) in [6.45, 7) is 1.45. The molecule has 0 bridgehead atoms. The van der Waals surface area contributed by atoms with Gasteiger partial charge in [0.2, 0.25) is 0 Å². The molecule has 2 rings (SSSR count). The number of rotatable bonds is 2. The Morgan fingerprint density at radius 1 is 1.21 bits per heavy atom. The first-order valence-corrected chi connectivity index (χ1v) is 5.31. The Hall–Kier alpha value is -2.05. The smallest absolute Gasteiger partial charge is 0.435 e. The number of ether oxygens (including phenoxy) is 1. The summed E-state index contributed by atoms with van der Waals surface area (Å²) in [5, 5.41) is 3.39. The quantitative estimate of drug-likeness (QED) is 0.785. The van der Waals surface area contributed by atoms with Crippen molar-refractivity contribution in [1.29, 1.82) is 0 Å². The summed E-state index contributed by atoms with van der Waals surface area (Å²) in [6.07, 6.45) is -3.39. The molecule has 0 amide bonds. The van der Waals surface area contributed by atoms with Crippen LogP contribution in [-0.4, -0.2) is 16.9 Å². The number of methoxy groups -OCH3 is 1. The van der Waals surface area contributed by atoms with E-state index in [-0.39, 0.29) is 17.0 Å². The molecule has 1 aromatic carbocycles. The summed E-state index contributed by atoms with van der Waals surface area (Å²) in [4.78, 5) is 0. The average Bonchev–Trinajstić information content (AvgIpc) is 2.81. The molecule has 0 N–H and O–H groups in total. The molecule has 1 aromatic heterocycles. The third-order valence-electron chi connectivity index (χ3n) is 2.67. The summed E-state index contributed by atoms with van der Waals surface area (Å²) in [6, 6.07) is 3.62. The third kappa shape index (κ3) is 2.40. The molecule has 0 radical (unpaired) electrons. The number of nitrogens with zero attached hydrogens (tertiary/aromatic N) is 2. The van der Waals surface area contributed by atoms with Crippen LogP contribution in [0.4, 0.5) is 17.6 Å². The second-order valence-electron chi connectivity index (χ2n) is 3.87. The molecule has 0 spiro atoms. The van der Waals surface area contributed by atoms with Crippen LogP contribution in [0.15, 0.2) is 24.4 Å². The molecule has 0 unspecified atom stereocenters. The fraction of sp³-hybridized carbons (Fsp3) is 0.250. The van der Waals surface area contributed by atoms with Crippen molar-refractivity contribution in [2.24, 2.45) is 0 Å². The monoisotopic (exact) mass is 274 g/mol. The predicted octanol–water partition coefficient (Wildman–Crippen LogP) is 3.35. The van der Waals surface area contributed by atoms with Crippen molar-refractivity contribution in [2.75, 3.05) is 7.11 Å². The van der Waals surface area contributed by atoms with Crippen molar-refractivity contribution >= 4 is 0 Å². The van der Waals surface area contributed by atoms with Crippen LogP contribution in [0.5, 0.6) is 5.75 Å². The summed E-state index contributed by atoms with van der Waals surface area (Å²) >= 11 is 0. The largest absolute Gasteiger partial charge is 0.494 e. The molecule has 0 aliphatic heterocycles. The van der Waals surface area contributed by atoms with Crippen LogP contribution in [0.1, 0.15) is 11.3 Å². The van der Waals surface area contributed by atoms with Gasteiger partial charge in [-0.3, -0.25) is 0 Å². The van der Waals surface area contributed by atoms with E-state index in [1.165, 1.54) is 26.2 Å². The van der Waals surface area contributed by atoms with Gasteiger partial charge in [0.1, 0.15) is 0 Å². The van der Waals surface area contributed by atoms with Crippen LogP contribution >= 0.6 is 0 Å². The van der Waals surface area contributed by atoms with Gasteiger partial charge < -0.3 is 4.74 Å². The number of hydrogen-bond donors (Lipinski definition) is 0. The van der Waals surface area contributed by atoms with E-state index in [2.05, 4.69) is 5.10 Å². The summed E-state index contributed by atoms with van der Waals surface area (Å²) < 4.78 is 56.9. The highest BCUT2D eigenvalue weighted by Gasteiger charge is 2.33. The predicted molar refractivity (Wildman–Crippen MR) is 59.8 cm³/mol. The fourth-order valence-corrected chi connectivity index (χ4v) is 1.67. The van der Waals surface area contributed by atoms with Crippen LogP contribution in [0.2, 0.25) is 0 Å². The minimum absolute atomic E-state index is 0.0319. The molecule has 0 atom stereocenters. The van der Waals surface area contributed by atoms with Crippen molar-refractivity contribution in [1.82, 2.24) is 9.78 Å². The number of aromatic nitrogens is 2. The van der Waals surface area contributed by atoms with Crippen molar-refractivity contribution in [3.8, 4) is 11.4 Å². The highest BCUT2D eigenvalue weighted by molar-refractivity contribution is 5.46. The number of halogens is 4. The van der Waals surface area contributed by atoms with Gasteiger partial charge >= 0.3 is 6.18 Å². The van der Waals surface area contributed by atoms with Gasteiger partial charge in [-0.25, -0.2) is 9.07 Å². The first-order chi connectivity index (χ1) is 8.84. The minimum Gasteiger partial charge on any atom is -0.494 e. The second-order valence-corrected chi connectivity index (χ2v) is 3.87. The van der Waals surface area contributed by atoms with Gasteiger partial charge in [0.15, 0.2) is 17.3 Å². The minimum atomic E-state index is -4.52. The topological polar surface area (TPSA) is 27.1 Å². The van der Waals surface area contributed by atoms with Gasteiger partial charge in [-0.2, -0.15) is 18.3 Å². The first-order valence-electron chi connectivity index (χ1n) is 5.31. The zero-order chi connectivity index (χ0) is 14.2. The zero-order valence-corrected chi connectivity index (χ0v) is 10.1. The molecule has 0 aliphatic carbocycles. The lowest BCUT2D eigenvalue weighted by atomic mass is 10.2. The lowest BCUT2D eigenvalue weighted by Gasteiger charge is -2.10. The van der Waals surface area contributed by atoms with Crippen molar-refractivity contribution in [2.45, 2.75) is 13.1 Å². The summed E-state index contributed by atoms with van der Waals surface area (Å²) in [7, 11) is 1.31. The van der Waals surface area contributed by atoms with Gasteiger partial charge in [0, 0.05) is 11.8 Å². The molecule has 0 aliphatic rings. The van der Waals surface area contributed by atoms with Crippen LogP contribution < -0.4 is 4.74 Å². The van der Waals surface area contributed by atoms with Crippen molar-refractivity contribution in [3.05, 3.63) is 41.5 Å². The van der Waals surface area contributed by atoms with Crippen molar-refractivity contribution in [3.63, 3.8) is 0 Å². The third-order valence-corrected chi connectivity index (χ3v) is 2.67. The Balaban J connectivity index is 2.48. The summed E-state index contributed by atoms with van der Waals surface area (Å²) in [5.41, 5.74) is -0.631. The number of alkyl halides is 3. The molecule has 2 aromatic rings. The van der Waals surface area contributed by atoms with E-state index in [1.807, 2.05) is 0 Å². The van der Waals surface area contributed by atoms with E-state index in [1.54, 1.807) is 0 Å². The molecule has 7 heteroatoms. The van der Waals surface area contributed by atoms with Crippen LogP contribution in [-0.2, 0) is 6.18 Å². The van der Waals surface area contributed by atoms with E-state index in [0.717, 1.165) is 16.9 Å². The van der Waals surface area contributed by atoms with E-state index < -0.39 is 17.7 Å². The maximum atomic E-state index is 13.8. The van der Waals surface area contributed by atoms with E-state index in [0.29, 0.717) is 0 Å². The SMILES string of the molecule is COc1ccc(-n2ccc(C(F)(F)F)n2)c(C)c1F. The van der Waals surface area contributed by atoms with Gasteiger partial charge in [-0.05, 0) is 25.1 Å². The number of hydrogen-bond acceptors (Lipinski definition) is 2. The lowest BCUT2D eigenvalue weighted by Crippen LogP contribution is -2.08. The molecule has 102 valence electrons. The Morgan fingerprint density at radius 2 is 1.89 bits per heavy atom.